The summed E-state index contributed by atoms with van der Waals surface area (Å²) in [6.07, 6.45) is 0. The van der Waals surface area contributed by atoms with E-state index in [9.17, 15) is 0 Å². The van der Waals surface area contributed by atoms with Crippen molar-refractivity contribution < 1.29 is 4.74 Å². The number of aromatic nitrogens is 1. The Hall–Kier alpha value is -8.40. The first-order valence-electron chi connectivity index (χ1n) is 22.0. The molecule has 1 spiro atoms. The highest BCUT2D eigenvalue weighted by Gasteiger charge is 2.51. The van der Waals surface area contributed by atoms with Crippen LogP contribution >= 0.6 is 0 Å². The van der Waals surface area contributed by atoms with Crippen molar-refractivity contribution in [1.29, 1.82) is 0 Å². The SMILES string of the molecule is c1ccc(-c2ccc3c(c2)-c2ccc(N(c4ccc5c6ccccc6n(-c6ccccc6)c5c4)c4ccccc4-c4ccccc4)cc2C32c3ccccc3Oc3ccccc32)cc1. The third-order valence-corrected chi connectivity index (χ3v) is 13.4. The van der Waals surface area contributed by atoms with Gasteiger partial charge in [-0.3, -0.25) is 0 Å². The fraction of sp³-hybridized carbons (Fsp3) is 0.0164. The summed E-state index contributed by atoms with van der Waals surface area (Å²) in [6, 6.07) is 88.2. The van der Waals surface area contributed by atoms with E-state index in [4.69, 9.17) is 4.74 Å². The van der Waals surface area contributed by atoms with Crippen LogP contribution in [-0.2, 0) is 5.41 Å². The molecule has 1 aliphatic heterocycles. The molecule has 0 amide bonds. The number of para-hydroxylation sites is 5. The van der Waals surface area contributed by atoms with Gasteiger partial charge in [0.2, 0.25) is 0 Å². The number of nitrogens with zero attached hydrogens (tertiary/aromatic N) is 2. The van der Waals surface area contributed by atoms with Crippen LogP contribution in [0.15, 0.2) is 243 Å². The second kappa shape index (κ2) is 14.3. The molecule has 3 heteroatoms. The number of rotatable bonds is 6. The maximum atomic E-state index is 6.77. The molecular weight excluding hydrogens is 777 g/mol. The lowest BCUT2D eigenvalue weighted by atomic mass is 9.66. The lowest BCUT2D eigenvalue weighted by molar-refractivity contribution is 0.436. The molecule has 1 aliphatic carbocycles. The minimum atomic E-state index is -0.643. The van der Waals surface area contributed by atoms with E-state index in [1.165, 1.54) is 49.7 Å². The van der Waals surface area contributed by atoms with Gasteiger partial charge in [0, 0.05) is 44.5 Å². The van der Waals surface area contributed by atoms with Gasteiger partial charge in [-0.05, 0) is 106 Å². The highest BCUT2D eigenvalue weighted by atomic mass is 16.5. The summed E-state index contributed by atoms with van der Waals surface area (Å²) in [5.41, 5.74) is 18.0. The van der Waals surface area contributed by atoms with Gasteiger partial charge in [0.05, 0.1) is 22.1 Å². The lowest BCUT2D eigenvalue weighted by Crippen LogP contribution is -2.32. The lowest BCUT2D eigenvalue weighted by Gasteiger charge is -2.39. The molecule has 2 aliphatic rings. The number of fused-ring (bicyclic) bond motifs is 12. The van der Waals surface area contributed by atoms with Gasteiger partial charge in [-0.1, -0.05) is 176 Å². The first kappa shape index (κ1) is 36.3. The Morgan fingerprint density at radius 3 is 1.70 bits per heavy atom. The van der Waals surface area contributed by atoms with Gasteiger partial charge >= 0.3 is 0 Å². The number of hydrogen-bond acceptors (Lipinski definition) is 2. The molecule has 0 saturated carbocycles. The minimum absolute atomic E-state index is 0.643. The summed E-state index contributed by atoms with van der Waals surface area (Å²) >= 11 is 0. The molecule has 0 N–H and O–H groups in total. The predicted octanol–water partition coefficient (Wildman–Crippen LogP) is 16.1. The summed E-state index contributed by atoms with van der Waals surface area (Å²) < 4.78 is 9.18. The molecular formula is C61H40N2O. The van der Waals surface area contributed by atoms with E-state index >= 15 is 0 Å². The van der Waals surface area contributed by atoms with Crippen molar-refractivity contribution in [3.8, 4) is 50.6 Å². The third-order valence-electron chi connectivity index (χ3n) is 13.4. The summed E-state index contributed by atoms with van der Waals surface area (Å²) in [5.74, 6) is 1.76. The second-order valence-corrected chi connectivity index (χ2v) is 16.8. The van der Waals surface area contributed by atoms with E-state index in [1.54, 1.807) is 0 Å². The average Bonchev–Trinajstić information content (AvgIpc) is 3.85. The highest BCUT2D eigenvalue weighted by Crippen LogP contribution is 2.63. The van der Waals surface area contributed by atoms with Gasteiger partial charge in [0.1, 0.15) is 11.5 Å². The largest absolute Gasteiger partial charge is 0.457 e. The van der Waals surface area contributed by atoms with Crippen molar-refractivity contribution in [3.05, 3.63) is 265 Å². The Bertz CT molecular complexity index is 3540. The van der Waals surface area contributed by atoms with Crippen molar-refractivity contribution in [3.63, 3.8) is 0 Å². The minimum Gasteiger partial charge on any atom is -0.457 e. The smallest absolute Gasteiger partial charge is 0.132 e. The molecule has 3 nitrogen and oxygen atoms in total. The second-order valence-electron chi connectivity index (χ2n) is 16.8. The Balaban J connectivity index is 1.11. The molecule has 2 heterocycles. The Morgan fingerprint density at radius 1 is 0.344 bits per heavy atom. The highest BCUT2D eigenvalue weighted by molar-refractivity contribution is 6.10. The third kappa shape index (κ3) is 5.34. The van der Waals surface area contributed by atoms with Crippen LogP contribution in [0.25, 0.3) is 60.9 Å². The van der Waals surface area contributed by atoms with E-state index in [1.807, 2.05) is 0 Å². The van der Waals surface area contributed by atoms with Gasteiger partial charge in [-0.15, -0.1) is 0 Å². The van der Waals surface area contributed by atoms with E-state index in [-0.39, 0.29) is 0 Å². The zero-order valence-corrected chi connectivity index (χ0v) is 34.9. The fourth-order valence-electron chi connectivity index (χ4n) is 10.8. The van der Waals surface area contributed by atoms with Crippen LogP contribution in [0.2, 0.25) is 0 Å². The Labute approximate surface area is 372 Å². The zero-order chi connectivity index (χ0) is 42.2. The summed E-state index contributed by atoms with van der Waals surface area (Å²) in [4.78, 5) is 2.47. The number of ether oxygens (including phenoxy) is 1. The average molecular weight is 817 g/mol. The van der Waals surface area contributed by atoms with Gasteiger partial charge in [-0.2, -0.15) is 0 Å². The van der Waals surface area contributed by atoms with E-state index < -0.39 is 5.41 Å². The predicted molar refractivity (Wildman–Crippen MR) is 264 cm³/mol. The Morgan fingerprint density at radius 2 is 0.938 bits per heavy atom. The zero-order valence-electron chi connectivity index (χ0n) is 34.9. The van der Waals surface area contributed by atoms with Crippen molar-refractivity contribution in [2.24, 2.45) is 0 Å². The maximum Gasteiger partial charge on any atom is 0.132 e. The fourth-order valence-corrected chi connectivity index (χ4v) is 10.8. The van der Waals surface area contributed by atoms with Crippen LogP contribution < -0.4 is 9.64 Å². The standard InChI is InChI=1S/C61H40N2O/c1-4-18-41(19-5-1)43-32-37-52-51(38-43)48-35-33-45(39-55(48)61(52)53-26-12-16-30-59(53)64-60-31-17-13-27-54(60)61)62(56-28-14-10-24-47(56)42-20-6-2-7-21-42)46-34-36-50-49-25-11-15-29-57(49)63(58(50)40-46)44-22-8-3-9-23-44/h1-40H. The molecule has 0 radical (unpaired) electrons. The van der Waals surface area contributed by atoms with Gasteiger partial charge < -0.3 is 14.2 Å². The molecule has 0 saturated heterocycles. The van der Waals surface area contributed by atoms with Gasteiger partial charge in [-0.25, -0.2) is 0 Å². The Kier molecular flexibility index (Phi) is 8.13. The molecule has 13 rings (SSSR count). The van der Waals surface area contributed by atoms with Crippen LogP contribution in [0.3, 0.4) is 0 Å². The van der Waals surface area contributed by atoms with Crippen LogP contribution in [0.5, 0.6) is 11.5 Å². The molecule has 0 fully saturated rings. The van der Waals surface area contributed by atoms with Crippen LogP contribution in [-0.4, -0.2) is 4.57 Å². The van der Waals surface area contributed by atoms with Crippen LogP contribution in [0.4, 0.5) is 17.1 Å². The van der Waals surface area contributed by atoms with E-state index in [0.29, 0.717) is 0 Å². The van der Waals surface area contributed by atoms with Crippen molar-refractivity contribution >= 4 is 38.9 Å². The summed E-state index contributed by atoms with van der Waals surface area (Å²) in [7, 11) is 0. The first-order valence-corrected chi connectivity index (χ1v) is 22.0. The number of hydrogen-bond donors (Lipinski definition) is 0. The van der Waals surface area contributed by atoms with Crippen LogP contribution in [0.1, 0.15) is 22.3 Å². The molecule has 11 aromatic rings. The molecule has 1 aromatic heterocycles. The van der Waals surface area contributed by atoms with Crippen LogP contribution in [0, 0.1) is 0 Å². The molecule has 0 atom stereocenters. The topological polar surface area (TPSA) is 17.4 Å². The van der Waals surface area contributed by atoms with Crippen molar-refractivity contribution in [1.82, 2.24) is 4.57 Å². The molecule has 10 aromatic carbocycles. The van der Waals surface area contributed by atoms with E-state index in [0.717, 1.165) is 62.0 Å². The molecule has 64 heavy (non-hydrogen) atoms. The van der Waals surface area contributed by atoms with Crippen molar-refractivity contribution in [2.45, 2.75) is 5.41 Å². The monoisotopic (exact) mass is 816 g/mol. The van der Waals surface area contributed by atoms with Crippen molar-refractivity contribution in [2.75, 3.05) is 4.90 Å². The number of benzene rings is 10. The maximum absolute atomic E-state index is 6.77. The summed E-state index contributed by atoms with van der Waals surface area (Å²) in [5, 5.41) is 2.44. The quantitative estimate of drug-likeness (QED) is 0.166. The first-order chi connectivity index (χ1) is 31.8. The molecule has 0 unspecified atom stereocenters. The van der Waals surface area contributed by atoms with Gasteiger partial charge in [0.15, 0.2) is 0 Å². The van der Waals surface area contributed by atoms with E-state index in [2.05, 4.69) is 252 Å². The normalized spacial score (nSPS) is 12.9. The number of anilines is 3. The van der Waals surface area contributed by atoms with Gasteiger partial charge in [0.25, 0.3) is 0 Å². The summed E-state index contributed by atoms with van der Waals surface area (Å²) in [6.45, 7) is 0. The molecule has 300 valence electrons. The molecule has 0 bridgehead atoms.